The summed E-state index contributed by atoms with van der Waals surface area (Å²) in [7, 11) is 0. The predicted molar refractivity (Wildman–Crippen MR) is 71.9 cm³/mol. The molecule has 118 valence electrons. The van der Waals surface area contributed by atoms with Crippen molar-refractivity contribution in [1.82, 2.24) is 4.90 Å². The fraction of sp³-hybridized carbons (Fsp3) is 0.571. The second-order valence-electron chi connectivity index (χ2n) is 5.01. The van der Waals surface area contributed by atoms with Crippen molar-refractivity contribution in [3.8, 4) is 5.75 Å². The summed E-state index contributed by atoms with van der Waals surface area (Å²) in [6.45, 7) is 3.94. The SMILES string of the molecule is CC1CN(C(CN)c2ccccc2OC(F)(F)F)CCO1. The third kappa shape index (κ3) is 4.33. The standard InChI is InChI=1S/C14H19F3N2O2/c1-10-9-19(6-7-20-10)12(8-18)11-4-2-3-5-13(11)21-14(15,16)17/h2-5,10,12H,6-9,18H2,1H3. The quantitative estimate of drug-likeness (QED) is 0.927. The van der Waals surface area contributed by atoms with Gasteiger partial charge in [0.2, 0.25) is 0 Å². The largest absolute Gasteiger partial charge is 0.573 e. The van der Waals surface area contributed by atoms with Crippen molar-refractivity contribution in [2.45, 2.75) is 25.4 Å². The molecule has 21 heavy (non-hydrogen) atoms. The van der Waals surface area contributed by atoms with E-state index in [9.17, 15) is 13.2 Å². The molecular weight excluding hydrogens is 285 g/mol. The van der Waals surface area contributed by atoms with E-state index in [-0.39, 0.29) is 24.4 Å². The van der Waals surface area contributed by atoms with E-state index in [1.54, 1.807) is 12.1 Å². The van der Waals surface area contributed by atoms with Crippen LogP contribution in [0.4, 0.5) is 13.2 Å². The van der Waals surface area contributed by atoms with Crippen molar-refractivity contribution in [1.29, 1.82) is 0 Å². The highest BCUT2D eigenvalue weighted by Gasteiger charge is 2.34. The lowest BCUT2D eigenvalue weighted by Gasteiger charge is -2.37. The average Bonchev–Trinajstić information content (AvgIpc) is 2.40. The van der Waals surface area contributed by atoms with E-state index in [2.05, 4.69) is 4.74 Å². The third-order valence-electron chi connectivity index (χ3n) is 3.44. The maximum Gasteiger partial charge on any atom is 0.573 e. The molecule has 1 saturated heterocycles. The lowest BCUT2D eigenvalue weighted by atomic mass is 10.0. The number of nitrogens with zero attached hydrogens (tertiary/aromatic N) is 1. The van der Waals surface area contributed by atoms with Crippen molar-refractivity contribution in [2.24, 2.45) is 5.73 Å². The van der Waals surface area contributed by atoms with Crippen LogP contribution < -0.4 is 10.5 Å². The van der Waals surface area contributed by atoms with E-state index in [1.807, 2.05) is 11.8 Å². The number of ether oxygens (including phenoxy) is 2. The van der Waals surface area contributed by atoms with Gasteiger partial charge in [-0.2, -0.15) is 0 Å². The average molecular weight is 304 g/mol. The number of hydrogen-bond acceptors (Lipinski definition) is 4. The van der Waals surface area contributed by atoms with E-state index < -0.39 is 6.36 Å². The van der Waals surface area contributed by atoms with Crippen LogP contribution in [-0.4, -0.2) is 43.6 Å². The Morgan fingerprint density at radius 2 is 2.14 bits per heavy atom. The van der Waals surface area contributed by atoms with Gasteiger partial charge in [0.25, 0.3) is 0 Å². The number of hydrogen-bond donors (Lipinski definition) is 1. The Hall–Kier alpha value is -1.31. The molecule has 1 aliphatic heterocycles. The van der Waals surface area contributed by atoms with Crippen LogP contribution in [0.5, 0.6) is 5.75 Å². The minimum Gasteiger partial charge on any atom is -0.405 e. The number of para-hydroxylation sites is 1. The van der Waals surface area contributed by atoms with Crippen molar-refractivity contribution < 1.29 is 22.6 Å². The lowest BCUT2D eigenvalue weighted by Crippen LogP contribution is -2.45. The molecule has 0 spiro atoms. The van der Waals surface area contributed by atoms with Gasteiger partial charge in [-0.05, 0) is 13.0 Å². The molecule has 0 radical (unpaired) electrons. The molecule has 2 unspecified atom stereocenters. The topological polar surface area (TPSA) is 47.7 Å². The van der Waals surface area contributed by atoms with Gasteiger partial charge in [-0.3, -0.25) is 4.90 Å². The van der Waals surface area contributed by atoms with Gasteiger partial charge in [-0.15, -0.1) is 13.2 Å². The lowest BCUT2D eigenvalue weighted by molar-refractivity contribution is -0.275. The molecule has 1 aromatic carbocycles. The van der Waals surface area contributed by atoms with Gasteiger partial charge in [0.1, 0.15) is 5.75 Å². The van der Waals surface area contributed by atoms with E-state index in [0.29, 0.717) is 25.3 Å². The minimum absolute atomic E-state index is 0.0310. The summed E-state index contributed by atoms with van der Waals surface area (Å²) in [6, 6.07) is 5.81. The van der Waals surface area contributed by atoms with Crippen LogP contribution in [0.15, 0.2) is 24.3 Å². The fourth-order valence-corrected chi connectivity index (χ4v) is 2.57. The van der Waals surface area contributed by atoms with Crippen LogP contribution in [0, 0.1) is 0 Å². The van der Waals surface area contributed by atoms with Crippen LogP contribution in [0.1, 0.15) is 18.5 Å². The molecule has 1 fully saturated rings. The van der Waals surface area contributed by atoms with E-state index in [0.717, 1.165) is 0 Å². The van der Waals surface area contributed by atoms with Crippen LogP contribution in [0.2, 0.25) is 0 Å². The van der Waals surface area contributed by atoms with Crippen molar-refractivity contribution in [2.75, 3.05) is 26.2 Å². The first-order valence-corrected chi connectivity index (χ1v) is 6.81. The molecule has 0 amide bonds. The Bertz CT molecular complexity index is 468. The highest BCUT2D eigenvalue weighted by Crippen LogP contribution is 2.33. The molecule has 0 saturated carbocycles. The molecule has 7 heteroatoms. The zero-order chi connectivity index (χ0) is 15.5. The number of rotatable bonds is 4. The predicted octanol–water partition coefficient (Wildman–Crippen LogP) is 2.31. The maximum absolute atomic E-state index is 12.5. The summed E-state index contributed by atoms with van der Waals surface area (Å²) in [5, 5.41) is 0. The van der Waals surface area contributed by atoms with E-state index >= 15 is 0 Å². The molecule has 0 bridgehead atoms. The molecule has 1 heterocycles. The highest BCUT2D eigenvalue weighted by atomic mass is 19.4. The van der Waals surface area contributed by atoms with Crippen LogP contribution in [0.3, 0.4) is 0 Å². The smallest absolute Gasteiger partial charge is 0.405 e. The van der Waals surface area contributed by atoms with Gasteiger partial charge in [0.15, 0.2) is 0 Å². The van der Waals surface area contributed by atoms with Gasteiger partial charge in [0, 0.05) is 25.2 Å². The summed E-state index contributed by atoms with van der Waals surface area (Å²) in [4.78, 5) is 2.03. The van der Waals surface area contributed by atoms with Crippen LogP contribution in [-0.2, 0) is 4.74 Å². The van der Waals surface area contributed by atoms with Crippen LogP contribution >= 0.6 is 0 Å². The number of alkyl halides is 3. The normalized spacial score (nSPS) is 22.0. The van der Waals surface area contributed by atoms with Gasteiger partial charge < -0.3 is 15.2 Å². The molecule has 0 aromatic heterocycles. The summed E-state index contributed by atoms with van der Waals surface area (Å²) >= 11 is 0. The van der Waals surface area contributed by atoms with Crippen molar-refractivity contribution in [3.05, 3.63) is 29.8 Å². The number of nitrogens with two attached hydrogens (primary N) is 1. The zero-order valence-corrected chi connectivity index (χ0v) is 11.8. The summed E-state index contributed by atoms with van der Waals surface area (Å²) in [5.74, 6) is -0.195. The maximum atomic E-state index is 12.5. The van der Waals surface area contributed by atoms with Gasteiger partial charge in [-0.25, -0.2) is 0 Å². The fourth-order valence-electron chi connectivity index (χ4n) is 2.57. The van der Waals surface area contributed by atoms with E-state index in [1.165, 1.54) is 12.1 Å². The minimum atomic E-state index is -4.71. The molecule has 1 aromatic rings. The molecule has 2 atom stereocenters. The monoisotopic (exact) mass is 304 g/mol. The Balaban J connectivity index is 2.25. The molecule has 4 nitrogen and oxygen atoms in total. The van der Waals surface area contributed by atoms with Gasteiger partial charge in [0.05, 0.1) is 18.8 Å². The van der Waals surface area contributed by atoms with Gasteiger partial charge in [-0.1, -0.05) is 18.2 Å². The molecule has 0 aliphatic carbocycles. The summed E-state index contributed by atoms with van der Waals surface area (Å²) in [6.07, 6.45) is -4.68. The van der Waals surface area contributed by atoms with Crippen molar-refractivity contribution in [3.63, 3.8) is 0 Å². The molecular formula is C14H19F3N2O2. The van der Waals surface area contributed by atoms with E-state index in [4.69, 9.17) is 10.5 Å². The number of morpholine rings is 1. The Labute approximate surface area is 121 Å². The first-order valence-electron chi connectivity index (χ1n) is 6.81. The highest BCUT2D eigenvalue weighted by molar-refractivity contribution is 5.36. The Morgan fingerprint density at radius 3 is 2.76 bits per heavy atom. The summed E-state index contributed by atoms with van der Waals surface area (Å²) in [5.41, 5.74) is 6.24. The molecule has 2 rings (SSSR count). The third-order valence-corrected chi connectivity index (χ3v) is 3.44. The Morgan fingerprint density at radius 1 is 1.43 bits per heavy atom. The second kappa shape index (κ2) is 6.64. The first-order chi connectivity index (χ1) is 9.90. The molecule has 2 N–H and O–H groups in total. The Kier molecular flexibility index (Phi) is 5.08. The number of benzene rings is 1. The van der Waals surface area contributed by atoms with Crippen molar-refractivity contribution >= 4 is 0 Å². The number of halogens is 3. The second-order valence-corrected chi connectivity index (χ2v) is 5.01. The van der Waals surface area contributed by atoms with Gasteiger partial charge >= 0.3 is 6.36 Å². The zero-order valence-electron chi connectivity index (χ0n) is 11.8. The van der Waals surface area contributed by atoms with Crippen LogP contribution in [0.25, 0.3) is 0 Å². The first kappa shape index (κ1) is 16.1. The summed E-state index contributed by atoms with van der Waals surface area (Å²) < 4.78 is 47.1. The molecule has 1 aliphatic rings.